The minimum atomic E-state index is -0.0369. The van der Waals surface area contributed by atoms with E-state index in [-0.39, 0.29) is 17.4 Å². The number of likely N-dealkylation sites (tertiary alicyclic amines) is 1. The van der Waals surface area contributed by atoms with Crippen LogP contribution in [0.2, 0.25) is 5.02 Å². The Morgan fingerprint density at radius 1 is 1.42 bits per heavy atom. The molecule has 3 aromatic rings. The average molecular weight is 441 g/mol. The molecule has 4 heterocycles. The van der Waals surface area contributed by atoms with E-state index in [0.717, 1.165) is 43.4 Å². The van der Waals surface area contributed by atoms with Gasteiger partial charge in [0.25, 0.3) is 0 Å². The number of amides is 1. The summed E-state index contributed by atoms with van der Waals surface area (Å²) in [6.07, 6.45) is 10.0. The van der Waals surface area contributed by atoms with E-state index in [1.165, 1.54) is 6.08 Å². The number of halogens is 1. The van der Waals surface area contributed by atoms with E-state index in [1.807, 2.05) is 22.7 Å². The number of piperidine rings is 1. The van der Waals surface area contributed by atoms with Gasteiger partial charge < -0.3 is 20.5 Å². The summed E-state index contributed by atoms with van der Waals surface area (Å²) in [5.41, 5.74) is 1.66. The highest BCUT2D eigenvalue weighted by molar-refractivity contribution is 6.36. The van der Waals surface area contributed by atoms with Crippen molar-refractivity contribution in [2.75, 3.05) is 23.7 Å². The van der Waals surface area contributed by atoms with Crippen LogP contribution in [0.5, 0.6) is 0 Å². The summed E-state index contributed by atoms with van der Waals surface area (Å²) in [5, 5.41) is 12.4. The summed E-state index contributed by atoms with van der Waals surface area (Å²) in [7, 11) is 0. The summed E-state index contributed by atoms with van der Waals surface area (Å²) in [6, 6.07) is 0.0879. The summed E-state index contributed by atoms with van der Waals surface area (Å²) in [6.45, 7) is 7.82. The monoisotopic (exact) mass is 440 g/mol. The SMILES string of the molecule is C=CC(=O)N1CCC2(CC2)C(Nc2nc(Nc3cnn(CC)c3)nc3[nH]cc(Cl)c23)C1. The summed E-state index contributed by atoms with van der Waals surface area (Å²) in [5.74, 6) is 1.07. The van der Waals surface area contributed by atoms with Gasteiger partial charge in [-0.2, -0.15) is 15.1 Å². The number of nitrogens with one attached hydrogen (secondary N) is 3. The zero-order valence-electron chi connectivity index (χ0n) is 17.4. The Hall–Kier alpha value is -3.07. The molecule has 1 saturated heterocycles. The Balaban J connectivity index is 1.47. The molecule has 1 aliphatic heterocycles. The normalized spacial score (nSPS) is 19.5. The van der Waals surface area contributed by atoms with E-state index in [1.54, 1.807) is 12.4 Å². The fraction of sp³-hybridized carbons (Fsp3) is 0.429. The molecular formula is C21H25ClN8O. The van der Waals surface area contributed by atoms with Crippen LogP contribution in [0.4, 0.5) is 17.5 Å². The number of hydrogen-bond acceptors (Lipinski definition) is 6. The maximum Gasteiger partial charge on any atom is 0.246 e. The molecule has 1 aliphatic carbocycles. The number of H-pyrrole nitrogens is 1. The second kappa shape index (κ2) is 7.56. The van der Waals surface area contributed by atoms with Crippen molar-refractivity contribution in [1.82, 2.24) is 29.6 Å². The molecule has 9 nitrogen and oxygen atoms in total. The molecule has 1 amide bonds. The van der Waals surface area contributed by atoms with Gasteiger partial charge in [0.2, 0.25) is 11.9 Å². The number of anilines is 3. The van der Waals surface area contributed by atoms with Gasteiger partial charge >= 0.3 is 0 Å². The van der Waals surface area contributed by atoms with Gasteiger partial charge in [-0.05, 0) is 37.7 Å². The van der Waals surface area contributed by atoms with Crippen LogP contribution in [0.1, 0.15) is 26.2 Å². The van der Waals surface area contributed by atoms with Crippen molar-refractivity contribution in [3.8, 4) is 0 Å². The molecule has 1 atom stereocenters. The van der Waals surface area contributed by atoms with E-state index in [9.17, 15) is 4.79 Å². The fourth-order valence-electron chi connectivity index (χ4n) is 4.38. The van der Waals surface area contributed by atoms with Crippen molar-refractivity contribution in [3.05, 3.63) is 36.3 Å². The van der Waals surface area contributed by atoms with Gasteiger partial charge in [0, 0.05) is 32.0 Å². The lowest BCUT2D eigenvalue weighted by Gasteiger charge is -2.39. The predicted octanol–water partition coefficient (Wildman–Crippen LogP) is 3.55. The molecule has 0 bridgehead atoms. The summed E-state index contributed by atoms with van der Waals surface area (Å²) < 4.78 is 1.83. The van der Waals surface area contributed by atoms with Crippen molar-refractivity contribution in [3.63, 3.8) is 0 Å². The largest absolute Gasteiger partial charge is 0.364 e. The minimum Gasteiger partial charge on any atom is -0.364 e. The second-order valence-corrected chi connectivity index (χ2v) is 8.67. The number of fused-ring (bicyclic) bond motifs is 1. The van der Waals surface area contributed by atoms with Gasteiger partial charge in [0.1, 0.15) is 11.5 Å². The quantitative estimate of drug-likeness (QED) is 0.506. The van der Waals surface area contributed by atoms with Gasteiger partial charge in [0.05, 0.1) is 28.3 Å². The number of aromatic nitrogens is 5. The Bertz CT molecular complexity index is 1150. The van der Waals surface area contributed by atoms with Gasteiger partial charge in [-0.3, -0.25) is 9.48 Å². The Morgan fingerprint density at radius 3 is 2.97 bits per heavy atom. The molecule has 2 fully saturated rings. The molecule has 162 valence electrons. The van der Waals surface area contributed by atoms with E-state index in [0.29, 0.717) is 29.0 Å². The molecule has 0 radical (unpaired) electrons. The highest BCUT2D eigenvalue weighted by atomic mass is 35.5. The third-order valence-electron chi connectivity index (χ3n) is 6.41. The number of hydrogen-bond donors (Lipinski definition) is 3. The van der Waals surface area contributed by atoms with Crippen LogP contribution in [0.15, 0.2) is 31.2 Å². The van der Waals surface area contributed by atoms with Crippen LogP contribution < -0.4 is 10.6 Å². The predicted molar refractivity (Wildman–Crippen MR) is 121 cm³/mol. The summed E-state index contributed by atoms with van der Waals surface area (Å²) in [4.78, 5) is 26.5. The molecular weight excluding hydrogens is 416 g/mol. The smallest absolute Gasteiger partial charge is 0.246 e. The molecule has 0 aromatic carbocycles. The standard InChI is InChI=1S/C21H25ClN8O/c1-3-16(31)29-8-7-21(5-6-21)15(12-29)26-19-17-14(22)10-23-18(17)27-20(28-19)25-13-9-24-30(4-2)11-13/h3,9-11,15H,1,4-8,12H2,2H3,(H3,23,25,26,27,28). The molecule has 1 spiro atoms. The van der Waals surface area contributed by atoms with Gasteiger partial charge in [-0.1, -0.05) is 18.2 Å². The summed E-state index contributed by atoms with van der Waals surface area (Å²) >= 11 is 6.46. The zero-order chi connectivity index (χ0) is 21.6. The second-order valence-electron chi connectivity index (χ2n) is 8.26. The first kappa shape index (κ1) is 19.9. The maximum atomic E-state index is 12.2. The number of aromatic amines is 1. The Labute approximate surface area is 184 Å². The molecule has 1 unspecified atom stereocenters. The lowest BCUT2D eigenvalue weighted by atomic mass is 9.88. The topological polar surface area (TPSA) is 104 Å². The van der Waals surface area contributed by atoms with E-state index < -0.39 is 0 Å². The lowest BCUT2D eigenvalue weighted by Crippen LogP contribution is -2.50. The molecule has 3 N–H and O–H groups in total. The number of rotatable bonds is 6. The highest BCUT2D eigenvalue weighted by Crippen LogP contribution is 2.54. The first-order valence-electron chi connectivity index (χ1n) is 10.5. The van der Waals surface area contributed by atoms with Gasteiger partial charge in [0.15, 0.2) is 0 Å². The van der Waals surface area contributed by atoms with Crippen molar-refractivity contribution in [2.45, 2.75) is 38.8 Å². The van der Waals surface area contributed by atoms with Crippen molar-refractivity contribution in [2.24, 2.45) is 5.41 Å². The number of aryl methyl sites for hydroxylation is 1. The van der Waals surface area contributed by atoms with E-state index in [4.69, 9.17) is 16.6 Å². The number of carbonyl (C=O) groups is 1. The number of nitrogens with zero attached hydrogens (tertiary/aromatic N) is 5. The highest BCUT2D eigenvalue weighted by Gasteiger charge is 2.52. The molecule has 1 saturated carbocycles. The molecule has 31 heavy (non-hydrogen) atoms. The fourth-order valence-corrected chi connectivity index (χ4v) is 4.61. The first-order valence-corrected chi connectivity index (χ1v) is 10.9. The third-order valence-corrected chi connectivity index (χ3v) is 6.71. The van der Waals surface area contributed by atoms with Crippen molar-refractivity contribution in [1.29, 1.82) is 0 Å². The van der Waals surface area contributed by atoms with E-state index in [2.05, 4.69) is 32.3 Å². The van der Waals surface area contributed by atoms with Crippen LogP contribution >= 0.6 is 11.6 Å². The third kappa shape index (κ3) is 3.63. The molecule has 3 aromatic heterocycles. The van der Waals surface area contributed by atoms with E-state index >= 15 is 0 Å². The Morgan fingerprint density at radius 2 is 2.26 bits per heavy atom. The molecule has 10 heteroatoms. The average Bonchev–Trinajstić information content (AvgIpc) is 3.23. The van der Waals surface area contributed by atoms with Crippen molar-refractivity contribution < 1.29 is 4.79 Å². The van der Waals surface area contributed by atoms with Crippen LogP contribution in [0, 0.1) is 5.41 Å². The van der Waals surface area contributed by atoms with Crippen LogP contribution in [-0.2, 0) is 11.3 Å². The molecule has 5 rings (SSSR count). The minimum absolute atomic E-state index is 0.0369. The van der Waals surface area contributed by atoms with Crippen molar-refractivity contribution >= 4 is 46.0 Å². The van der Waals surface area contributed by atoms with Crippen LogP contribution in [0.25, 0.3) is 11.0 Å². The molecule has 2 aliphatic rings. The maximum absolute atomic E-state index is 12.2. The van der Waals surface area contributed by atoms with Crippen LogP contribution in [0.3, 0.4) is 0 Å². The van der Waals surface area contributed by atoms with Gasteiger partial charge in [-0.15, -0.1) is 0 Å². The zero-order valence-corrected chi connectivity index (χ0v) is 18.1. The van der Waals surface area contributed by atoms with Gasteiger partial charge in [-0.25, -0.2) is 0 Å². The Kier molecular flexibility index (Phi) is 4.85. The number of carbonyl (C=O) groups excluding carboxylic acids is 1. The first-order chi connectivity index (χ1) is 15.0. The lowest BCUT2D eigenvalue weighted by molar-refractivity contribution is -0.127. The van der Waals surface area contributed by atoms with Crippen LogP contribution in [-0.4, -0.2) is 54.7 Å².